The summed E-state index contributed by atoms with van der Waals surface area (Å²) in [5.41, 5.74) is 2.29. The number of benzene rings is 1. The van der Waals surface area contributed by atoms with Crippen LogP contribution in [0.3, 0.4) is 0 Å². The highest BCUT2D eigenvalue weighted by Gasteiger charge is 2.34. The van der Waals surface area contributed by atoms with Gasteiger partial charge in [0.1, 0.15) is 17.7 Å². The van der Waals surface area contributed by atoms with E-state index in [0.717, 1.165) is 16.9 Å². The summed E-state index contributed by atoms with van der Waals surface area (Å²) in [4.78, 5) is 13.3. The summed E-state index contributed by atoms with van der Waals surface area (Å²) < 4.78 is 28.6. The number of rotatable bonds is 6. The van der Waals surface area contributed by atoms with Crippen LogP contribution in [0.1, 0.15) is 12.8 Å². The second kappa shape index (κ2) is 7.67. The van der Waals surface area contributed by atoms with Crippen molar-refractivity contribution in [3.8, 4) is 11.4 Å². The van der Waals surface area contributed by atoms with E-state index in [1.807, 2.05) is 41.9 Å². The first-order chi connectivity index (χ1) is 13.8. The van der Waals surface area contributed by atoms with Gasteiger partial charge in [0.15, 0.2) is 11.5 Å². The van der Waals surface area contributed by atoms with Crippen LogP contribution in [0.25, 0.3) is 22.6 Å². The number of aliphatic hydroxyl groups is 1. The van der Waals surface area contributed by atoms with Gasteiger partial charge in [-0.25, -0.2) is 20.1 Å². The summed E-state index contributed by atoms with van der Waals surface area (Å²) in [5, 5.41) is 18.5. The highest BCUT2D eigenvalue weighted by atomic mass is 32.2. The molecule has 0 saturated heterocycles. The molecule has 0 bridgehead atoms. The van der Waals surface area contributed by atoms with Crippen molar-refractivity contribution >= 4 is 27.3 Å². The summed E-state index contributed by atoms with van der Waals surface area (Å²) in [6.07, 6.45) is 1.71. The molecule has 3 aromatic rings. The number of imidazole rings is 1. The molecule has 4 N–H and O–H groups in total. The zero-order valence-electron chi connectivity index (χ0n) is 15.8. The Balaban J connectivity index is 1.57. The van der Waals surface area contributed by atoms with Gasteiger partial charge in [0.05, 0.1) is 12.7 Å². The van der Waals surface area contributed by atoms with Gasteiger partial charge >= 0.3 is 10.3 Å². The monoisotopic (exact) mass is 418 g/mol. The summed E-state index contributed by atoms with van der Waals surface area (Å²) in [7, 11) is -2.13. The largest absolute Gasteiger partial charge is 0.393 e. The van der Waals surface area contributed by atoms with Crippen LogP contribution in [0.2, 0.25) is 0 Å². The maximum absolute atomic E-state index is 11.0. The topological polar surface area (TPSA) is 145 Å². The van der Waals surface area contributed by atoms with Crippen molar-refractivity contribution < 1.29 is 17.7 Å². The van der Waals surface area contributed by atoms with E-state index in [1.165, 1.54) is 6.33 Å². The van der Waals surface area contributed by atoms with Gasteiger partial charge in [0.25, 0.3) is 0 Å². The van der Waals surface area contributed by atoms with Crippen LogP contribution in [-0.2, 0) is 21.5 Å². The fourth-order valence-corrected chi connectivity index (χ4v) is 4.13. The third kappa shape index (κ3) is 4.22. The molecule has 0 spiro atoms. The van der Waals surface area contributed by atoms with Crippen molar-refractivity contribution in [1.82, 2.24) is 19.5 Å². The lowest BCUT2D eigenvalue weighted by molar-refractivity contribution is 0.101. The third-order valence-electron chi connectivity index (χ3n) is 5.14. The minimum atomic E-state index is -4.03. The van der Waals surface area contributed by atoms with E-state index in [2.05, 4.69) is 24.5 Å². The van der Waals surface area contributed by atoms with Crippen LogP contribution in [0.15, 0.2) is 36.7 Å². The average Bonchev–Trinajstić information content (AvgIpc) is 3.20. The zero-order chi connectivity index (χ0) is 20.6. The van der Waals surface area contributed by atoms with Gasteiger partial charge in [-0.2, -0.15) is 8.42 Å². The predicted molar refractivity (Wildman–Crippen MR) is 107 cm³/mol. The molecule has 1 aliphatic carbocycles. The van der Waals surface area contributed by atoms with Crippen molar-refractivity contribution in [1.29, 1.82) is 0 Å². The number of aryl methyl sites for hydroxylation is 1. The molecule has 11 heteroatoms. The van der Waals surface area contributed by atoms with E-state index < -0.39 is 16.4 Å². The molecular formula is C18H22N6O4S. The van der Waals surface area contributed by atoms with Crippen LogP contribution < -0.4 is 10.5 Å². The van der Waals surface area contributed by atoms with Crippen molar-refractivity contribution in [2.24, 2.45) is 18.1 Å². The fraction of sp³-hybridized carbons (Fsp3) is 0.389. The van der Waals surface area contributed by atoms with Gasteiger partial charge in [-0.15, -0.1) is 0 Å². The highest BCUT2D eigenvalue weighted by Crippen LogP contribution is 2.31. The lowest BCUT2D eigenvalue weighted by Gasteiger charge is -2.14. The minimum Gasteiger partial charge on any atom is -0.393 e. The second-order valence-corrected chi connectivity index (χ2v) is 8.39. The number of aliphatic hydroxyl groups excluding tert-OH is 1. The molecule has 29 heavy (non-hydrogen) atoms. The smallest absolute Gasteiger partial charge is 0.333 e. The first-order valence-electron chi connectivity index (χ1n) is 9.16. The van der Waals surface area contributed by atoms with Crippen LogP contribution in [-0.4, -0.2) is 51.8 Å². The lowest BCUT2D eigenvalue weighted by Crippen LogP contribution is -2.24. The Morgan fingerprint density at radius 3 is 2.76 bits per heavy atom. The Hall–Kier alpha value is -2.60. The Bertz CT molecular complexity index is 1120. The molecule has 1 aliphatic rings. The predicted octanol–water partition coefficient (Wildman–Crippen LogP) is 0.802. The maximum Gasteiger partial charge on any atom is 0.333 e. The molecule has 3 atom stereocenters. The molecular weight excluding hydrogens is 396 g/mol. The molecule has 1 saturated carbocycles. The summed E-state index contributed by atoms with van der Waals surface area (Å²) in [6.45, 7) is -0.152. The molecule has 154 valence electrons. The van der Waals surface area contributed by atoms with E-state index in [9.17, 15) is 13.5 Å². The first-order valence-corrected chi connectivity index (χ1v) is 10.6. The molecule has 2 heterocycles. The number of nitrogens with two attached hydrogens (primary N) is 1. The van der Waals surface area contributed by atoms with Crippen molar-refractivity contribution in [2.75, 3.05) is 11.9 Å². The van der Waals surface area contributed by atoms with Gasteiger partial charge in [-0.3, -0.25) is 4.18 Å². The molecule has 0 amide bonds. The van der Waals surface area contributed by atoms with Crippen molar-refractivity contribution in [3.05, 3.63) is 36.7 Å². The van der Waals surface area contributed by atoms with E-state index in [0.29, 0.717) is 24.3 Å². The standard InChI is InChI=1S/C18H22N6O4S/c1-24-15-16(22-13-7-12(14(25)8-13)9-28-29(19,26)27)20-10-21-17(15)23-18(24)11-5-3-2-4-6-11/h2-6,10,12-14,25H,7-9H2,1H3,(H2,19,26,27)(H,20,21,22)/t12-,13+,14-/m0/s1. The lowest BCUT2D eigenvalue weighted by atomic mass is 10.1. The molecule has 0 radical (unpaired) electrons. The number of nitrogens with zero attached hydrogens (tertiary/aromatic N) is 4. The van der Waals surface area contributed by atoms with E-state index in [1.54, 1.807) is 0 Å². The summed E-state index contributed by atoms with van der Waals surface area (Å²) in [6, 6.07) is 9.69. The third-order valence-corrected chi connectivity index (χ3v) is 5.61. The Kier molecular flexibility index (Phi) is 5.21. The quantitative estimate of drug-likeness (QED) is 0.533. The highest BCUT2D eigenvalue weighted by molar-refractivity contribution is 7.84. The minimum absolute atomic E-state index is 0.104. The summed E-state index contributed by atoms with van der Waals surface area (Å²) >= 11 is 0. The molecule has 2 aromatic heterocycles. The Morgan fingerprint density at radius 2 is 2.03 bits per heavy atom. The number of hydrogen-bond acceptors (Lipinski definition) is 8. The molecule has 4 rings (SSSR count). The van der Waals surface area contributed by atoms with Gasteiger partial charge in [0.2, 0.25) is 0 Å². The molecule has 1 fully saturated rings. The normalized spacial score (nSPS) is 22.2. The number of nitrogens with one attached hydrogen (secondary N) is 1. The van der Waals surface area contributed by atoms with Gasteiger partial charge < -0.3 is 15.0 Å². The summed E-state index contributed by atoms with van der Waals surface area (Å²) in [5.74, 6) is 1.04. The zero-order valence-corrected chi connectivity index (χ0v) is 16.6. The van der Waals surface area contributed by atoms with E-state index >= 15 is 0 Å². The van der Waals surface area contributed by atoms with Crippen molar-refractivity contribution in [2.45, 2.75) is 25.0 Å². The number of aromatic nitrogens is 4. The number of fused-ring (bicyclic) bond motifs is 1. The maximum atomic E-state index is 11.0. The molecule has 1 aromatic carbocycles. The Labute approximate surface area is 168 Å². The second-order valence-electron chi connectivity index (χ2n) is 7.17. The van der Waals surface area contributed by atoms with E-state index in [-0.39, 0.29) is 18.6 Å². The Morgan fingerprint density at radius 1 is 1.28 bits per heavy atom. The van der Waals surface area contributed by atoms with Crippen LogP contribution in [0.5, 0.6) is 0 Å². The SMILES string of the molecule is Cn1c(-c2ccccc2)nc2ncnc(N[C@@H]3C[C@@H](COS(N)(=O)=O)[C@@H](O)C3)c21. The number of anilines is 1. The van der Waals surface area contributed by atoms with Gasteiger partial charge in [0, 0.05) is 24.6 Å². The van der Waals surface area contributed by atoms with Crippen LogP contribution >= 0.6 is 0 Å². The van der Waals surface area contributed by atoms with Gasteiger partial charge in [-0.1, -0.05) is 30.3 Å². The van der Waals surface area contributed by atoms with E-state index in [4.69, 9.17) is 5.14 Å². The van der Waals surface area contributed by atoms with Crippen LogP contribution in [0.4, 0.5) is 5.82 Å². The molecule has 10 nitrogen and oxygen atoms in total. The van der Waals surface area contributed by atoms with Crippen LogP contribution in [0, 0.1) is 5.92 Å². The first kappa shape index (κ1) is 19.7. The fourth-order valence-electron chi connectivity index (χ4n) is 3.77. The molecule has 0 unspecified atom stereocenters. The average molecular weight is 418 g/mol. The van der Waals surface area contributed by atoms with Crippen molar-refractivity contribution in [3.63, 3.8) is 0 Å². The van der Waals surface area contributed by atoms with Gasteiger partial charge in [-0.05, 0) is 12.8 Å². The molecule has 0 aliphatic heterocycles. The number of hydrogen-bond donors (Lipinski definition) is 3.